The molecule has 0 radical (unpaired) electrons. The number of aromatic hydroxyl groups is 1. The Balaban J connectivity index is 1.69. The molecule has 3 aromatic rings. The fourth-order valence-electron chi connectivity index (χ4n) is 4.66. The molecule has 0 aliphatic heterocycles. The number of rotatable bonds is 8. The van der Waals surface area contributed by atoms with Gasteiger partial charge in [0.1, 0.15) is 0 Å². The lowest BCUT2D eigenvalue weighted by Gasteiger charge is -2.18. The van der Waals surface area contributed by atoms with Crippen LogP contribution in [0.3, 0.4) is 0 Å². The van der Waals surface area contributed by atoms with Crippen LogP contribution in [0.5, 0.6) is 5.88 Å². The van der Waals surface area contributed by atoms with Gasteiger partial charge in [0.2, 0.25) is 0 Å². The maximum Gasteiger partial charge on any atom is 0.270 e. The summed E-state index contributed by atoms with van der Waals surface area (Å²) in [7, 11) is 0. The third-order valence-electron chi connectivity index (χ3n) is 6.38. The molecule has 1 aromatic carbocycles. The predicted molar refractivity (Wildman–Crippen MR) is 128 cm³/mol. The van der Waals surface area contributed by atoms with Gasteiger partial charge < -0.3 is 25.3 Å². The molecule has 4 N–H and O–H groups in total. The van der Waals surface area contributed by atoms with E-state index in [0.717, 1.165) is 42.2 Å². The molecular weight excluding hydrogens is 422 g/mol. The first-order valence-corrected chi connectivity index (χ1v) is 11.3. The molecule has 0 saturated carbocycles. The number of hydrogen-bond donors (Lipinski definition) is 4. The lowest BCUT2D eigenvalue weighted by Crippen LogP contribution is -2.35. The van der Waals surface area contributed by atoms with Crippen LogP contribution >= 0.6 is 0 Å². The number of carbonyl (C=O) groups is 1. The highest BCUT2D eigenvalue weighted by Gasteiger charge is 2.28. The first-order valence-electron chi connectivity index (χ1n) is 11.3. The summed E-state index contributed by atoms with van der Waals surface area (Å²) in [4.78, 5) is 32.4. The third-order valence-corrected chi connectivity index (χ3v) is 6.38. The summed E-state index contributed by atoms with van der Waals surface area (Å²) in [5.41, 5.74) is 4.89. The molecule has 4 rings (SSSR count). The zero-order valence-corrected chi connectivity index (χ0v) is 19.1. The number of non-ortho nitro benzene ring substituents is 1. The number of nitro benzene ring substituents is 1. The van der Waals surface area contributed by atoms with Gasteiger partial charge >= 0.3 is 0 Å². The van der Waals surface area contributed by atoms with Gasteiger partial charge in [0.15, 0.2) is 5.88 Å². The van der Waals surface area contributed by atoms with Crippen LogP contribution in [0.4, 0.5) is 5.69 Å². The number of aromatic nitrogens is 2. The molecule has 9 heteroatoms. The highest BCUT2D eigenvalue weighted by molar-refractivity contribution is 6.04. The maximum atomic E-state index is 13.0. The van der Waals surface area contributed by atoms with Crippen LogP contribution in [0.1, 0.15) is 53.1 Å². The van der Waals surface area contributed by atoms with Gasteiger partial charge in [-0.25, -0.2) is 0 Å². The molecule has 0 spiro atoms. The number of allylic oxidation sites excluding steroid dienone is 1. The topological polar surface area (TPSA) is 127 Å². The van der Waals surface area contributed by atoms with Crippen molar-refractivity contribution in [2.75, 3.05) is 26.2 Å². The average Bonchev–Trinajstić information content (AvgIpc) is 3.31. The summed E-state index contributed by atoms with van der Waals surface area (Å²) >= 11 is 0. The van der Waals surface area contributed by atoms with Crippen LogP contribution in [-0.2, 0) is 6.42 Å². The van der Waals surface area contributed by atoms with Crippen LogP contribution < -0.4 is 5.32 Å². The van der Waals surface area contributed by atoms with Crippen molar-refractivity contribution in [3.63, 3.8) is 0 Å². The summed E-state index contributed by atoms with van der Waals surface area (Å²) in [6, 6.07) is 4.46. The number of benzene rings is 1. The van der Waals surface area contributed by atoms with Gasteiger partial charge in [-0.05, 0) is 44.5 Å². The third kappa shape index (κ3) is 4.11. The zero-order chi connectivity index (χ0) is 23.7. The summed E-state index contributed by atoms with van der Waals surface area (Å²) in [5.74, 6) is -0.167. The first-order chi connectivity index (χ1) is 15.8. The number of nitrogens with one attached hydrogen (secondary N) is 3. The minimum atomic E-state index is -0.451. The van der Waals surface area contributed by atoms with E-state index >= 15 is 0 Å². The number of likely N-dealkylation sites (N-methyl/N-ethyl adjacent to an activating group) is 1. The second-order valence-corrected chi connectivity index (χ2v) is 8.25. The maximum absolute atomic E-state index is 13.0. The van der Waals surface area contributed by atoms with Crippen molar-refractivity contribution < 1.29 is 14.8 Å². The molecule has 2 aromatic heterocycles. The van der Waals surface area contributed by atoms with E-state index in [2.05, 4.69) is 34.0 Å². The van der Waals surface area contributed by atoms with Gasteiger partial charge in [-0.3, -0.25) is 14.9 Å². The normalized spacial score (nSPS) is 13.3. The van der Waals surface area contributed by atoms with Crippen molar-refractivity contribution in [2.24, 2.45) is 0 Å². The van der Waals surface area contributed by atoms with Crippen molar-refractivity contribution >= 4 is 28.1 Å². The molecule has 174 valence electrons. The minimum absolute atomic E-state index is 0.0460. The quantitative estimate of drug-likeness (QED) is 0.305. The number of aromatic amines is 2. The molecule has 0 bridgehead atoms. The van der Waals surface area contributed by atoms with Crippen LogP contribution in [0.25, 0.3) is 16.5 Å². The Bertz CT molecular complexity index is 1250. The van der Waals surface area contributed by atoms with Crippen LogP contribution in [0.15, 0.2) is 24.3 Å². The largest absolute Gasteiger partial charge is 0.494 e. The lowest BCUT2D eigenvalue weighted by atomic mass is 9.89. The second kappa shape index (κ2) is 9.11. The van der Waals surface area contributed by atoms with Crippen LogP contribution in [0.2, 0.25) is 0 Å². The molecule has 1 aliphatic rings. The van der Waals surface area contributed by atoms with Gasteiger partial charge in [0.05, 0.1) is 21.7 Å². The molecule has 0 fully saturated rings. The highest BCUT2D eigenvalue weighted by Crippen LogP contribution is 2.42. The van der Waals surface area contributed by atoms with E-state index in [-0.39, 0.29) is 17.5 Å². The number of nitrogens with zero attached hydrogens (tertiary/aromatic N) is 2. The summed E-state index contributed by atoms with van der Waals surface area (Å²) < 4.78 is 0. The summed E-state index contributed by atoms with van der Waals surface area (Å²) in [5, 5.41) is 25.6. The van der Waals surface area contributed by atoms with Crippen molar-refractivity contribution in [3.05, 3.63) is 62.5 Å². The van der Waals surface area contributed by atoms with E-state index in [9.17, 15) is 20.0 Å². The number of carbonyl (C=O) groups excluding carboxylic acids is 1. The van der Waals surface area contributed by atoms with Crippen LogP contribution in [0, 0.1) is 17.0 Å². The van der Waals surface area contributed by atoms with Gasteiger partial charge in [0.25, 0.3) is 11.6 Å². The molecule has 0 atom stereocenters. The minimum Gasteiger partial charge on any atom is -0.494 e. The summed E-state index contributed by atoms with van der Waals surface area (Å²) in [6.45, 7) is 9.29. The molecule has 0 saturated heterocycles. The van der Waals surface area contributed by atoms with Crippen LogP contribution in [-0.4, -0.2) is 57.0 Å². The van der Waals surface area contributed by atoms with E-state index in [1.54, 1.807) is 6.07 Å². The van der Waals surface area contributed by atoms with E-state index in [0.29, 0.717) is 41.4 Å². The standard InChI is InChI=1S/C24H29N5O4/c1-4-28(5-2)12-11-25-23(30)20-14(3)26-22-16(20)7-6-8-17(22)21-18-13-15(29(32)33)9-10-19(18)27-24(21)31/h8-10,13,26-27,31H,4-7,11-12H2,1-3H3,(H,25,30). The summed E-state index contributed by atoms with van der Waals surface area (Å²) in [6.07, 6.45) is 3.40. The Morgan fingerprint density at radius 1 is 1.27 bits per heavy atom. The fourth-order valence-corrected chi connectivity index (χ4v) is 4.66. The van der Waals surface area contributed by atoms with Crippen molar-refractivity contribution in [3.8, 4) is 5.88 Å². The second-order valence-electron chi connectivity index (χ2n) is 8.25. The fraction of sp³-hybridized carbons (Fsp3) is 0.375. The first kappa shape index (κ1) is 22.6. The van der Waals surface area contributed by atoms with E-state index < -0.39 is 4.92 Å². The molecule has 9 nitrogen and oxygen atoms in total. The molecule has 1 amide bonds. The van der Waals surface area contributed by atoms with Crippen molar-refractivity contribution in [2.45, 2.75) is 33.6 Å². The van der Waals surface area contributed by atoms with Gasteiger partial charge in [0, 0.05) is 47.4 Å². The number of nitro groups is 1. The monoisotopic (exact) mass is 451 g/mol. The number of hydrogen-bond acceptors (Lipinski definition) is 5. The van der Waals surface area contributed by atoms with Gasteiger partial charge in [-0.15, -0.1) is 0 Å². The Morgan fingerprint density at radius 2 is 2.03 bits per heavy atom. The van der Waals surface area contributed by atoms with E-state index in [4.69, 9.17) is 0 Å². The lowest BCUT2D eigenvalue weighted by molar-refractivity contribution is -0.384. The SMILES string of the molecule is CCN(CC)CCNC(=O)c1c(C)[nH]c2c1CCC=C2c1c(O)[nH]c2ccc([N+](=O)[O-])cc12. The molecule has 2 heterocycles. The molecule has 0 unspecified atom stereocenters. The Hall–Kier alpha value is -3.59. The zero-order valence-electron chi connectivity index (χ0n) is 19.1. The smallest absolute Gasteiger partial charge is 0.270 e. The molecule has 1 aliphatic carbocycles. The predicted octanol–water partition coefficient (Wildman–Crippen LogP) is 3.87. The van der Waals surface area contributed by atoms with E-state index in [1.165, 1.54) is 12.1 Å². The Kier molecular flexibility index (Phi) is 6.24. The van der Waals surface area contributed by atoms with Crippen molar-refractivity contribution in [1.29, 1.82) is 0 Å². The Labute approximate surface area is 191 Å². The number of H-pyrrole nitrogens is 2. The molecular formula is C24H29N5O4. The highest BCUT2D eigenvalue weighted by atomic mass is 16.6. The number of fused-ring (bicyclic) bond motifs is 2. The van der Waals surface area contributed by atoms with E-state index in [1.807, 2.05) is 13.0 Å². The molecule has 33 heavy (non-hydrogen) atoms. The van der Waals surface area contributed by atoms with Gasteiger partial charge in [-0.2, -0.15) is 0 Å². The van der Waals surface area contributed by atoms with Crippen molar-refractivity contribution in [1.82, 2.24) is 20.2 Å². The number of aryl methyl sites for hydroxylation is 1. The van der Waals surface area contributed by atoms with Gasteiger partial charge in [-0.1, -0.05) is 19.9 Å². The number of amides is 1. The average molecular weight is 452 g/mol. The Morgan fingerprint density at radius 3 is 2.73 bits per heavy atom.